The molecule has 0 saturated heterocycles. The first-order chi connectivity index (χ1) is 8.19. The van der Waals surface area contributed by atoms with Gasteiger partial charge in [-0.15, -0.1) is 11.6 Å². The molecule has 0 aliphatic heterocycles. The van der Waals surface area contributed by atoms with Crippen LogP contribution in [0.2, 0.25) is 0 Å². The summed E-state index contributed by atoms with van der Waals surface area (Å²) in [7, 11) is 0. The maximum Gasteiger partial charge on any atom is 0.166 e. The average molecular weight is 259 g/mol. The molecule has 1 aromatic carbocycles. The van der Waals surface area contributed by atoms with Crippen molar-refractivity contribution in [1.29, 1.82) is 0 Å². The lowest BCUT2D eigenvalue weighted by molar-refractivity contribution is 0.0977. The van der Waals surface area contributed by atoms with E-state index in [0.717, 1.165) is 6.42 Å². The third kappa shape index (κ3) is 4.35. The van der Waals surface area contributed by atoms with Gasteiger partial charge in [-0.3, -0.25) is 4.79 Å². The van der Waals surface area contributed by atoms with Gasteiger partial charge < -0.3 is 4.74 Å². The van der Waals surface area contributed by atoms with Gasteiger partial charge >= 0.3 is 0 Å². The van der Waals surface area contributed by atoms with Gasteiger partial charge in [0.15, 0.2) is 5.78 Å². The predicted molar refractivity (Wildman–Crippen MR) is 66.5 cm³/mol. The Morgan fingerprint density at radius 2 is 2.24 bits per heavy atom. The topological polar surface area (TPSA) is 26.3 Å². The smallest absolute Gasteiger partial charge is 0.166 e. The Kier molecular flexibility index (Phi) is 5.98. The number of hydrogen-bond acceptors (Lipinski definition) is 2. The Morgan fingerprint density at radius 3 is 2.88 bits per heavy atom. The summed E-state index contributed by atoms with van der Waals surface area (Å²) in [6, 6.07) is 4.02. The van der Waals surface area contributed by atoms with E-state index in [9.17, 15) is 9.18 Å². The van der Waals surface area contributed by atoms with Crippen LogP contribution in [0.5, 0.6) is 5.75 Å². The van der Waals surface area contributed by atoms with Crippen LogP contribution in [-0.4, -0.2) is 18.3 Å². The van der Waals surface area contributed by atoms with Crippen molar-refractivity contribution in [3.8, 4) is 5.75 Å². The van der Waals surface area contributed by atoms with E-state index in [0.29, 0.717) is 36.6 Å². The molecule has 0 N–H and O–H groups in total. The molecule has 0 fully saturated rings. The lowest BCUT2D eigenvalue weighted by atomic mass is 10.1. The second kappa shape index (κ2) is 7.28. The largest absolute Gasteiger partial charge is 0.493 e. The van der Waals surface area contributed by atoms with Gasteiger partial charge in [0.2, 0.25) is 0 Å². The molecule has 0 bridgehead atoms. The number of carbonyl (C=O) groups excluding carboxylic acids is 1. The molecule has 17 heavy (non-hydrogen) atoms. The Balaban J connectivity index is 2.85. The third-order valence-corrected chi connectivity index (χ3v) is 2.51. The molecule has 4 heteroatoms. The number of carbonyl (C=O) groups is 1. The summed E-state index contributed by atoms with van der Waals surface area (Å²) in [4.78, 5) is 11.8. The van der Waals surface area contributed by atoms with Crippen molar-refractivity contribution >= 4 is 17.4 Å². The molecule has 0 saturated carbocycles. The van der Waals surface area contributed by atoms with Gasteiger partial charge in [-0.05, 0) is 31.0 Å². The molecule has 0 aromatic heterocycles. The van der Waals surface area contributed by atoms with Crippen molar-refractivity contribution in [1.82, 2.24) is 0 Å². The lowest BCUT2D eigenvalue weighted by Crippen LogP contribution is -2.05. The molecule has 0 unspecified atom stereocenters. The van der Waals surface area contributed by atoms with Crippen LogP contribution in [0.15, 0.2) is 18.2 Å². The highest BCUT2D eigenvalue weighted by atomic mass is 35.5. The Morgan fingerprint density at radius 1 is 1.47 bits per heavy atom. The van der Waals surface area contributed by atoms with Gasteiger partial charge in [-0.1, -0.05) is 6.92 Å². The highest BCUT2D eigenvalue weighted by Gasteiger charge is 2.13. The summed E-state index contributed by atoms with van der Waals surface area (Å²) in [5.74, 6) is 0.318. The summed E-state index contributed by atoms with van der Waals surface area (Å²) in [6.45, 7) is 2.49. The summed E-state index contributed by atoms with van der Waals surface area (Å²) in [6.07, 6.45) is 1.74. The molecule has 0 spiro atoms. The fourth-order valence-corrected chi connectivity index (χ4v) is 1.55. The van der Waals surface area contributed by atoms with Crippen LogP contribution in [0, 0.1) is 5.82 Å². The van der Waals surface area contributed by atoms with E-state index in [1.54, 1.807) is 0 Å². The van der Waals surface area contributed by atoms with Gasteiger partial charge in [0.1, 0.15) is 11.6 Å². The average Bonchev–Trinajstić information content (AvgIpc) is 2.34. The molecule has 2 nitrogen and oxygen atoms in total. The molecule has 0 heterocycles. The first-order valence-electron chi connectivity index (χ1n) is 5.70. The first-order valence-corrected chi connectivity index (χ1v) is 6.24. The van der Waals surface area contributed by atoms with Crippen LogP contribution in [0.4, 0.5) is 4.39 Å². The number of alkyl halides is 1. The zero-order chi connectivity index (χ0) is 12.7. The van der Waals surface area contributed by atoms with Gasteiger partial charge in [-0.2, -0.15) is 0 Å². The summed E-state index contributed by atoms with van der Waals surface area (Å²) in [5, 5.41) is 0. The maximum atomic E-state index is 13.1. The minimum atomic E-state index is -0.428. The number of ketones is 1. The monoisotopic (exact) mass is 258 g/mol. The van der Waals surface area contributed by atoms with Gasteiger partial charge in [0, 0.05) is 12.3 Å². The third-order valence-electron chi connectivity index (χ3n) is 2.24. The Bertz CT molecular complexity index is 380. The highest BCUT2D eigenvalue weighted by molar-refractivity contribution is 6.18. The molecule has 1 aromatic rings. The van der Waals surface area contributed by atoms with Gasteiger partial charge in [0.05, 0.1) is 12.2 Å². The van der Waals surface area contributed by atoms with E-state index >= 15 is 0 Å². The number of Topliss-reactive ketones (excluding diaryl/α,β-unsaturated/α-hetero) is 1. The highest BCUT2D eigenvalue weighted by Crippen LogP contribution is 2.22. The molecule has 0 aliphatic carbocycles. The number of rotatable bonds is 7. The van der Waals surface area contributed by atoms with E-state index in [-0.39, 0.29) is 5.78 Å². The first kappa shape index (κ1) is 14.0. The molecular weight excluding hydrogens is 243 g/mol. The van der Waals surface area contributed by atoms with Crippen molar-refractivity contribution in [2.45, 2.75) is 26.2 Å². The second-order valence-corrected chi connectivity index (χ2v) is 4.08. The number of ether oxygens (including phenoxy) is 1. The Hall–Kier alpha value is -1.09. The van der Waals surface area contributed by atoms with E-state index in [2.05, 4.69) is 0 Å². The van der Waals surface area contributed by atoms with Crippen LogP contribution >= 0.6 is 11.6 Å². The number of benzene rings is 1. The quantitative estimate of drug-likeness (QED) is 0.549. The SMILES string of the molecule is CCCOc1ccc(F)cc1C(=O)CCCCl. The van der Waals surface area contributed by atoms with Crippen molar-refractivity contribution in [3.63, 3.8) is 0 Å². The zero-order valence-corrected chi connectivity index (χ0v) is 10.6. The van der Waals surface area contributed by atoms with E-state index in [1.807, 2.05) is 6.92 Å². The van der Waals surface area contributed by atoms with Crippen LogP contribution in [0.1, 0.15) is 36.5 Å². The molecular formula is C13H16ClFO2. The summed E-state index contributed by atoms with van der Waals surface area (Å²) < 4.78 is 18.5. The lowest BCUT2D eigenvalue weighted by Gasteiger charge is -2.10. The van der Waals surface area contributed by atoms with Crippen LogP contribution in [-0.2, 0) is 0 Å². The second-order valence-electron chi connectivity index (χ2n) is 3.70. The van der Waals surface area contributed by atoms with E-state index < -0.39 is 5.82 Å². The maximum absolute atomic E-state index is 13.1. The van der Waals surface area contributed by atoms with Crippen LogP contribution in [0.25, 0.3) is 0 Å². The molecule has 0 amide bonds. The van der Waals surface area contributed by atoms with Crippen molar-refractivity contribution < 1.29 is 13.9 Å². The standard InChI is InChI=1S/C13H16ClFO2/c1-2-8-17-13-6-5-10(15)9-11(13)12(16)4-3-7-14/h5-6,9H,2-4,7-8H2,1H3. The summed E-state index contributed by atoms with van der Waals surface area (Å²) >= 11 is 5.53. The zero-order valence-electron chi connectivity index (χ0n) is 9.84. The van der Waals surface area contributed by atoms with Gasteiger partial charge in [-0.25, -0.2) is 4.39 Å². The van der Waals surface area contributed by atoms with Gasteiger partial charge in [0.25, 0.3) is 0 Å². The fourth-order valence-electron chi connectivity index (χ4n) is 1.42. The molecule has 1 rings (SSSR count). The fraction of sp³-hybridized carbons (Fsp3) is 0.462. The van der Waals surface area contributed by atoms with Crippen molar-refractivity contribution in [2.75, 3.05) is 12.5 Å². The number of hydrogen-bond donors (Lipinski definition) is 0. The van der Waals surface area contributed by atoms with E-state index in [4.69, 9.17) is 16.3 Å². The number of halogens is 2. The molecule has 0 aliphatic rings. The minimum Gasteiger partial charge on any atom is -0.493 e. The van der Waals surface area contributed by atoms with Crippen molar-refractivity contribution in [3.05, 3.63) is 29.6 Å². The van der Waals surface area contributed by atoms with Crippen LogP contribution < -0.4 is 4.74 Å². The summed E-state index contributed by atoms with van der Waals surface area (Å²) in [5.41, 5.74) is 0.309. The molecule has 0 radical (unpaired) electrons. The van der Waals surface area contributed by atoms with Crippen molar-refractivity contribution in [2.24, 2.45) is 0 Å². The van der Waals surface area contributed by atoms with E-state index in [1.165, 1.54) is 18.2 Å². The Labute approximate surface area is 106 Å². The van der Waals surface area contributed by atoms with Crippen LogP contribution in [0.3, 0.4) is 0 Å². The normalized spacial score (nSPS) is 10.3. The predicted octanol–water partition coefficient (Wildman–Crippen LogP) is 3.82. The minimum absolute atomic E-state index is 0.128. The molecule has 0 atom stereocenters. The molecule has 94 valence electrons.